The Bertz CT molecular complexity index is 553. The van der Waals surface area contributed by atoms with E-state index in [-0.39, 0.29) is 23.4 Å². The highest BCUT2D eigenvalue weighted by Crippen LogP contribution is 2.33. The molecule has 0 unspecified atom stereocenters. The van der Waals surface area contributed by atoms with Gasteiger partial charge < -0.3 is 9.64 Å². The monoisotopic (exact) mass is 320 g/mol. The molecule has 1 aromatic carbocycles. The van der Waals surface area contributed by atoms with Crippen LogP contribution in [0, 0.1) is 5.82 Å². The average molecular weight is 320 g/mol. The first-order chi connectivity index (χ1) is 11.0. The summed E-state index contributed by atoms with van der Waals surface area (Å²) < 4.78 is 19.1. The molecular weight excluding hydrogens is 295 g/mol. The number of carbonyl (C=O) groups excluding carboxylic acids is 1. The van der Waals surface area contributed by atoms with Crippen molar-refractivity contribution >= 4 is 5.91 Å². The molecule has 1 spiro atoms. The molecule has 0 saturated carbocycles. The molecule has 3 rings (SSSR count). The zero-order chi connectivity index (χ0) is 16.4. The standard InChI is InChI=1S/C18H25FN2O2/c1-3-21-13-18(23-14(2)17(21)22)8-10-20(11-9-18)12-15-4-6-16(19)7-5-15/h4-7,14H,3,8-13H2,1-2H3/t14-/m1/s1. The molecule has 0 bridgehead atoms. The van der Waals surface area contributed by atoms with Gasteiger partial charge in [-0.3, -0.25) is 9.69 Å². The quantitative estimate of drug-likeness (QED) is 0.857. The van der Waals surface area contributed by atoms with Gasteiger partial charge >= 0.3 is 0 Å². The number of likely N-dealkylation sites (N-methyl/N-ethyl adjacent to an activating group) is 1. The van der Waals surface area contributed by atoms with E-state index in [4.69, 9.17) is 4.74 Å². The van der Waals surface area contributed by atoms with Gasteiger partial charge in [-0.1, -0.05) is 12.1 Å². The second-order valence-corrected chi connectivity index (χ2v) is 6.70. The van der Waals surface area contributed by atoms with E-state index >= 15 is 0 Å². The lowest BCUT2D eigenvalue weighted by Crippen LogP contribution is -2.61. The molecule has 2 aliphatic rings. The summed E-state index contributed by atoms with van der Waals surface area (Å²) in [4.78, 5) is 16.4. The molecule has 2 fully saturated rings. The van der Waals surface area contributed by atoms with Gasteiger partial charge in [-0.2, -0.15) is 0 Å². The number of amides is 1. The first-order valence-electron chi connectivity index (χ1n) is 8.45. The summed E-state index contributed by atoms with van der Waals surface area (Å²) in [5.41, 5.74) is 0.938. The van der Waals surface area contributed by atoms with Gasteiger partial charge in [0, 0.05) is 32.7 Å². The van der Waals surface area contributed by atoms with Crippen molar-refractivity contribution in [2.24, 2.45) is 0 Å². The Morgan fingerprint density at radius 2 is 1.91 bits per heavy atom. The first-order valence-corrected chi connectivity index (χ1v) is 8.45. The fourth-order valence-electron chi connectivity index (χ4n) is 3.66. The van der Waals surface area contributed by atoms with Crippen LogP contribution in [0.4, 0.5) is 4.39 Å². The largest absolute Gasteiger partial charge is 0.360 e. The minimum atomic E-state index is -0.340. The summed E-state index contributed by atoms with van der Waals surface area (Å²) in [6, 6.07) is 6.71. The third kappa shape index (κ3) is 3.56. The molecule has 2 aliphatic heterocycles. The Morgan fingerprint density at radius 1 is 1.26 bits per heavy atom. The Hall–Kier alpha value is -1.46. The zero-order valence-corrected chi connectivity index (χ0v) is 13.9. The first kappa shape index (κ1) is 16.4. The van der Waals surface area contributed by atoms with Crippen molar-refractivity contribution in [1.29, 1.82) is 0 Å². The number of ether oxygens (including phenoxy) is 1. The van der Waals surface area contributed by atoms with Crippen LogP contribution < -0.4 is 0 Å². The van der Waals surface area contributed by atoms with E-state index in [1.54, 1.807) is 0 Å². The van der Waals surface area contributed by atoms with E-state index in [1.807, 2.05) is 30.9 Å². The lowest BCUT2D eigenvalue weighted by atomic mass is 9.88. The molecule has 2 saturated heterocycles. The van der Waals surface area contributed by atoms with Crippen molar-refractivity contribution in [3.63, 3.8) is 0 Å². The molecule has 1 aromatic rings. The van der Waals surface area contributed by atoms with Crippen molar-refractivity contribution in [3.8, 4) is 0 Å². The number of benzene rings is 1. The highest BCUT2D eigenvalue weighted by Gasteiger charge is 2.44. The predicted octanol–water partition coefficient (Wildman–Crippen LogP) is 2.43. The molecule has 23 heavy (non-hydrogen) atoms. The number of halogens is 1. The highest BCUT2D eigenvalue weighted by atomic mass is 19.1. The van der Waals surface area contributed by atoms with Crippen LogP contribution in [0.25, 0.3) is 0 Å². The van der Waals surface area contributed by atoms with E-state index in [2.05, 4.69) is 4.90 Å². The SMILES string of the molecule is CCN1CC2(CCN(Cc3ccc(F)cc3)CC2)O[C@H](C)C1=O. The fraction of sp³-hybridized carbons (Fsp3) is 0.611. The van der Waals surface area contributed by atoms with Crippen molar-refractivity contribution < 1.29 is 13.9 Å². The maximum absolute atomic E-state index is 13.0. The minimum Gasteiger partial charge on any atom is -0.360 e. The van der Waals surface area contributed by atoms with Crippen molar-refractivity contribution in [2.75, 3.05) is 26.2 Å². The summed E-state index contributed by atoms with van der Waals surface area (Å²) >= 11 is 0. The van der Waals surface area contributed by atoms with E-state index in [0.29, 0.717) is 6.54 Å². The molecule has 2 heterocycles. The molecule has 0 N–H and O–H groups in total. The van der Waals surface area contributed by atoms with Crippen LogP contribution in [-0.4, -0.2) is 53.6 Å². The maximum atomic E-state index is 13.0. The van der Waals surface area contributed by atoms with Crippen LogP contribution >= 0.6 is 0 Å². The van der Waals surface area contributed by atoms with Gasteiger partial charge in [0.1, 0.15) is 11.9 Å². The number of carbonyl (C=O) groups is 1. The topological polar surface area (TPSA) is 32.8 Å². The minimum absolute atomic E-state index is 0.104. The van der Waals surface area contributed by atoms with E-state index in [1.165, 1.54) is 12.1 Å². The molecule has 0 radical (unpaired) electrons. The Labute approximate surface area is 137 Å². The second-order valence-electron chi connectivity index (χ2n) is 6.70. The number of nitrogens with zero attached hydrogens (tertiary/aromatic N) is 2. The summed E-state index contributed by atoms with van der Waals surface area (Å²) in [5, 5.41) is 0. The summed E-state index contributed by atoms with van der Waals surface area (Å²) in [5.74, 6) is -0.0906. The Kier molecular flexibility index (Phi) is 4.69. The number of hydrogen-bond acceptors (Lipinski definition) is 3. The molecule has 126 valence electrons. The molecule has 1 atom stereocenters. The van der Waals surface area contributed by atoms with Gasteiger partial charge in [-0.05, 0) is 44.4 Å². The maximum Gasteiger partial charge on any atom is 0.251 e. The average Bonchev–Trinajstić information content (AvgIpc) is 2.55. The third-order valence-electron chi connectivity index (χ3n) is 5.03. The fourth-order valence-corrected chi connectivity index (χ4v) is 3.66. The molecule has 1 amide bonds. The van der Waals surface area contributed by atoms with Gasteiger partial charge in [0.15, 0.2) is 0 Å². The van der Waals surface area contributed by atoms with E-state index in [0.717, 1.165) is 44.6 Å². The summed E-state index contributed by atoms with van der Waals surface area (Å²) in [6.45, 7) is 8.04. The van der Waals surface area contributed by atoms with Gasteiger partial charge in [-0.25, -0.2) is 4.39 Å². The van der Waals surface area contributed by atoms with Crippen LogP contribution in [0.3, 0.4) is 0 Å². The van der Waals surface area contributed by atoms with Crippen LogP contribution in [0.15, 0.2) is 24.3 Å². The molecule has 4 nitrogen and oxygen atoms in total. The normalized spacial score (nSPS) is 25.1. The van der Waals surface area contributed by atoms with Crippen LogP contribution in [-0.2, 0) is 16.1 Å². The molecule has 0 aliphatic carbocycles. The van der Waals surface area contributed by atoms with Crippen molar-refractivity contribution in [1.82, 2.24) is 9.80 Å². The van der Waals surface area contributed by atoms with Crippen molar-refractivity contribution in [3.05, 3.63) is 35.6 Å². The number of hydrogen-bond donors (Lipinski definition) is 0. The lowest BCUT2D eigenvalue weighted by molar-refractivity contribution is -0.189. The predicted molar refractivity (Wildman–Crippen MR) is 86.4 cm³/mol. The van der Waals surface area contributed by atoms with Gasteiger partial charge in [-0.15, -0.1) is 0 Å². The summed E-state index contributed by atoms with van der Waals surface area (Å²) in [7, 11) is 0. The molecule has 0 aromatic heterocycles. The van der Waals surface area contributed by atoms with Gasteiger partial charge in [0.25, 0.3) is 5.91 Å². The van der Waals surface area contributed by atoms with Crippen molar-refractivity contribution in [2.45, 2.75) is 44.9 Å². The molecule has 5 heteroatoms. The van der Waals surface area contributed by atoms with Gasteiger partial charge in [0.05, 0.1) is 5.60 Å². The van der Waals surface area contributed by atoms with Gasteiger partial charge in [0.2, 0.25) is 0 Å². The van der Waals surface area contributed by atoms with E-state index in [9.17, 15) is 9.18 Å². The number of rotatable bonds is 3. The van der Waals surface area contributed by atoms with E-state index < -0.39 is 0 Å². The lowest BCUT2D eigenvalue weighted by Gasteiger charge is -2.49. The Morgan fingerprint density at radius 3 is 2.52 bits per heavy atom. The van der Waals surface area contributed by atoms with Crippen LogP contribution in [0.5, 0.6) is 0 Å². The number of likely N-dealkylation sites (tertiary alicyclic amines) is 1. The summed E-state index contributed by atoms with van der Waals surface area (Å²) in [6.07, 6.45) is 1.53. The van der Waals surface area contributed by atoms with Crippen LogP contribution in [0.2, 0.25) is 0 Å². The highest BCUT2D eigenvalue weighted by molar-refractivity contribution is 5.81. The zero-order valence-electron chi connectivity index (χ0n) is 13.9. The Balaban J connectivity index is 1.59. The third-order valence-corrected chi connectivity index (χ3v) is 5.03. The second kappa shape index (κ2) is 6.57. The smallest absolute Gasteiger partial charge is 0.251 e. The number of piperidine rings is 1. The van der Waals surface area contributed by atoms with Crippen LogP contribution in [0.1, 0.15) is 32.3 Å². The number of morpholine rings is 1. The molecular formula is C18H25FN2O2.